The first-order chi connectivity index (χ1) is 10.1. The first-order valence-corrected chi connectivity index (χ1v) is 9.59. The fraction of sp³-hybridized carbons (Fsp3) is 0.600. The molecule has 3 nitrogen and oxygen atoms in total. The average molecular weight is 392 g/mol. The number of hydrazine groups is 1. The van der Waals surface area contributed by atoms with E-state index in [1.54, 1.807) is 0 Å². The lowest BCUT2D eigenvalue weighted by molar-refractivity contribution is -0.0854. The summed E-state index contributed by atoms with van der Waals surface area (Å²) in [5.74, 6) is 8.63. The summed E-state index contributed by atoms with van der Waals surface area (Å²) in [5, 5.41) is 0.766. The van der Waals surface area contributed by atoms with Crippen LogP contribution in [0.2, 0.25) is 5.02 Å². The van der Waals surface area contributed by atoms with Gasteiger partial charge in [-0.25, -0.2) is 0 Å². The molecule has 1 aromatic carbocycles. The highest BCUT2D eigenvalue weighted by molar-refractivity contribution is 9.10. The number of nitrogens with one attached hydrogen (secondary N) is 1. The highest BCUT2D eigenvalue weighted by Gasteiger charge is 2.42. The Bertz CT molecular complexity index is 510. The smallest absolute Gasteiger partial charge is 0.0783 e. The van der Waals surface area contributed by atoms with Crippen LogP contribution in [0.3, 0.4) is 0 Å². The van der Waals surface area contributed by atoms with Gasteiger partial charge in [0.05, 0.1) is 11.6 Å². The van der Waals surface area contributed by atoms with Crippen LogP contribution in [0.5, 0.6) is 0 Å². The molecule has 2 saturated heterocycles. The van der Waals surface area contributed by atoms with Crippen LogP contribution in [0.25, 0.3) is 0 Å². The molecule has 3 rings (SSSR count). The van der Waals surface area contributed by atoms with Crippen molar-refractivity contribution in [2.24, 2.45) is 11.8 Å². The lowest BCUT2D eigenvalue weighted by Crippen LogP contribution is -2.45. The molecule has 3 unspecified atom stereocenters. The number of ether oxygens (including phenoxy) is 1. The molecule has 116 valence electrons. The minimum Gasteiger partial charge on any atom is -0.374 e. The maximum absolute atomic E-state index is 6.39. The Morgan fingerprint density at radius 2 is 2.38 bits per heavy atom. The Hall–Kier alpha value is 0.220. The Balaban J connectivity index is 1.84. The van der Waals surface area contributed by atoms with Crippen LogP contribution in [0.15, 0.2) is 22.7 Å². The Morgan fingerprint density at radius 1 is 1.52 bits per heavy atom. The summed E-state index contributed by atoms with van der Waals surface area (Å²) in [6.07, 6.45) is 3.22. The number of nitrogens with two attached hydrogens (primary N) is 1. The first kappa shape index (κ1) is 16.1. The second-order valence-corrected chi connectivity index (χ2v) is 8.33. The number of hydrogen-bond donors (Lipinski definition) is 2. The fourth-order valence-corrected chi connectivity index (χ4v) is 5.44. The van der Waals surface area contributed by atoms with E-state index in [4.69, 9.17) is 22.2 Å². The van der Waals surface area contributed by atoms with E-state index in [1.807, 2.05) is 23.9 Å². The highest BCUT2D eigenvalue weighted by atomic mass is 79.9. The zero-order valence-electron chi connectivity index (χ0n) is 11.8. The molecule has 0 radical (unpaired) electrons. The van der Waals surface area contributed by atoms with Crippen LogP contribution in [-0.2, 0) is 4.74 Å². The summed E-state index contributed by atoms with van der Waals surface area (Å²) in [7, 11) is 0. The van der Waals surface area contributed by atoms with Gasteiger partial charge in [0.15, 0.2) is 0 Å². The second-order valence-electron chi connectivity index (χ2n) is 5.90. The van der Waals surface area contributed by atoms with Crippen molar-refractivity contribution in [1.82, 2.24) is 5.43 Å². The summed E-state index contributed by atoms with van der Waals surface area (Å²) < 4.78 is 7.14. The molecule has 3 N–H and O–H groups in total. The Kier molecular flexibility index (Phi) is 5.19. The van der Waals surface area contributed by atoms with E-state index >= 15 is 0 Å². The molecule has 6 heteroatoms. The monoisotopic (exact) mass is 390 g/mol. The van der Waals surface area contributed by atoms with Crippen molar-refractivity contribution >= 4 is 39.3 Å². The largest absolute Gasteiger partial charge is 0.374 e. The van der Waals surface area contributed by atoms with E-state index in [2.05, 4.69) is 27.4 Å². The fourth-order valence-electron chi connectivity index (χ4n) is 3.45. The number of halogens is 2. The van der Waals surface area contributed by atoms with Gasteiger partial charge in [0.25, 0.3) is 0 Å². The van der Waals surface area contributed by atoms with Gasteiger partial charge in [0.2, 0.25) is 0 Å². The van der Waals surface area contributed by atoms with Crippen molar-refractivity contribution in [2.75, 3.05) is 18.1 Å². The molecule has 2 heterocycles. The standard InChI is InChI=1S/C15H20BrClN2OS/c16-11-1-2-13(17)12(7-11)14(19-18)10-3-5-20-15(8-10)4-6-21-9-15/h1-2,7,10,14,19H,3-6,8-9,18H2. The topological polar surface area (TPSA) is 47.3 Å². The maximum Gasteiger partial charge on any atom is 0.0783 e. The van der Waals surface area contributed by atoms with Crippen molar-refractivity contribution in [3.8, 4) is 0 Å². The van der Waals surface area contributed by atoms with Crippen LogP contribution in [-0.4, -0.2) is 23.7 Å². The zero-order chi connectivity index (χ0) is 14.9. The highest BCUT2D eigenvalue weighted by Crippen LogP contribution is 2.44. The molecule has 1 aromatic rings. The number of thioether (sulfide) groups is 1. The van der Waals surface area contributed by atoms with Gasteiger partial charge in [0.1, 0.15) is 0 Å². The van der Waals surface area contributed by atoms with E-state index in [0.29, 0.717) is 5.92 Å². The summed E-state index contributed by atoms with van der Waals surface area (Å²) in [4.78, 5) is 0. The quantitative estimate of drug-likeness (QED) is 0.606. The zero-order valence-corrected chi connectivity index (χ0v) is 14.9. The van der Waals surface area contributed by atoms with E-state index in [0.717, 1.165) is 46.7 Å². The SMILES string of the molecule is NNC(c1cc(Br)ccc1Cl)C1CCOC2(CCSC2)C1. The van der Waals surface area contributed by atoms with E-state index < -0.39 is 0 Å². The van der Waals surface area contributed by atoms with Crippen LogP contribution in [0.4, 0.5) is 0 Å². The molecule has 0 aromatic heterocycles. The van der Waals surface area contributed by atoms with Gasteiger partial charge in [-0.05, 0) is 54.7 Å². The maximum atomic E-state index is 6.39. The molecule has 2 aliphatic rings. The second kappa shape index (κ2) is 6.77. The van der Waals surface area contributed by atoms with E-state index in [1.165, 1.54) is 5.75 Å². The molecule has 0 bridgehead atoms. The van der Waals surface area contributed by atoms with Crippen LogP contribution >= 0.6 is 39.3 Å². The summed E-state index contributed by atoms with van der Waals surface area (Å²) in [6.45, 7) is 0.815. The van der Waals surface area contributed by atoms with Crippen molar-refractivity contribution in [2.45, 2.75) is 30.9 Å². The molecule has 0 amide bonds. The minimum atomic E-state index is 0.0567. The molecule has 1 spiro atoms. The molecule has 3 atom stereocenters. The normalized spacial score (nSPS) is 30.7. The Morgan fingerprint density at radius 3 is 3.10 bits per heavy atom. The summed E-state index contributed by atoms with van der Waals surface area (Å²) >= 11 is 11.9. The third-order valence-electron chi connectivity index (χ3n) is 4.54. The first-order valence-electron chi connectivity index (χ1n) is 7.26. The molecule has 0 aliphatic carbocycles. The van der Waals surface area contributed by atoms with Crippen molar-refractivity contribution in [1.29, 1.82) is 0 Å². The van der Waals surface area contributed by atoms with Gasteiger partial charge in [-0.1, -0.05) is 27.5 Å². The predicted octanol–water partition coefficient (Wildman–Crippen LogP) is 3.91. The third kappa shape index (κ3) is 3.43. The Labute approximate surface area is 143 Å². The molecular formula is C15H20BrClN2OS. The molecule has 21 heavy (non-hydrogen) atoms. The number of rotatable bonds is 3. The van der Waals surface area contributed by atoms with E-state index in [9.17, 15) is 0 Å². The van der Waals surface area contributed by atoms with Gasteiger partial charge in [-0.2, -0.15) is 11.8 Å². The summed E-state index contributed by atoms with van der Waals surface area (Å²) in [5.41, 5.74) is 4.12. The lowest BCUT2D eigenvalue weighted by atomic mass is 9.79. The number of benzene rings is 1. The van der Waals surface area contributed by atoms with Crippen molar-refractivity contribution in [3.63, 3.8) is 0 Å². The molecule has 2 fully saturated rings. The van der Waals surface area contributed by atoms with Crippen LogP contribution in [0, 0.1) is 5.92 Å². The molecular weight excluding hydrogens is 372 g/mol. The summed E-state index contributed by atoms with van der Waals surface area (Å²) in [6, 6.07) is 6.02. The average Bonchev–Trinajstić information content (AvgIpc) is 2.91. The van der Waals surface area contributed by atoms with Gasteiger partial charge < -0.3 is 4.74 Å². The van der Waals surface area contributed by atoms with Crippen LogP contribution < -0.4 is 11.3 Å². The van der Waals surface area contributed by atoms with Gasteiger partial charge in [0, 0.05) is 21.9 Å². The van der Waals surface area contributed by atoms with Gasteiger partial charge >= 0.3 is 0 Å². The predicted molar refractivity (Wildman–Crippen MR) is 92.6 cm³/mol. The van der Waals surface area contributed by atoms with Gasteiger partial charge in [-0.15, -0.1) is 0 Å². The van der Waals surface area contributed by atoms with E-state index in [-0.39, 0.29) is 11.6 Å². The number of hydrogen-bond acceptors (Lipinski definition) is 4. The minimum absolute atomic E-state index is 0.0567. The molecule has 2 aliphatic heterocycles. The van der Waals surface area contributed by atoms with Crippen molar-refractivity contribution < 1.29 is 4.74 Å². The third-order valence-corrected chi connectivity index (χ3v) is 6.60. The molecule has 0 saturated carbocycles. The van der Waals surface area contributed by atoms with Crippen LogP contribution in [0.1, 0.15) is 30.9 Å². The van der Waals surface area contributed by atoms with Gasteiger partial charge in [-0.3, -0.25) is 11.3 Å². The van der Waals surface area contributed by atoms with Crippen molar-refractivity contribution in [3.05, 3.63) is 33.3 Å². The lowest BCUT2D eigenvalue weighted by Gasteiger charge is -2.41.